The Bertz CT molecular complexity index is 475. The van der Waals surface area contributed by atoms with E-state index in [9.17, 15) is 9.00 Å². The highest BCUT2D eigenvalue weighted by Gasteiger charge is 2.10. The van der Waals surface area contributed by atoms with Gasteiger partial charge in [-0.2, -0.15) is 5.10 Å². The average Bonchev–Trinajstić information content (AvgIpc) is 2.30. The van der Waals surface area contributed by atoms with Crippen molar-refractivity contribution in [3.8, 4) is 0 Å². The Hall–Kier alpha value is -0.690. The van der Waals surface area contributed by atoms with Crippen molar-refractivity contribution in [2.24, 2.45) is 0 Å². The molecule has 0 saturated carbocycles. The van der Waals surface area contributed by atoms with Crippen molar-refractivity contribution in [3.63, 3.8) is 0 Å². The molecule has 0 saturated heterocycles. The van der Waals surface area contributed by atoms with Gasteiger partial charge >= 0.3 is 0 Å². The molecule has 0 bridgehead atoms. The Labute approximate surface area is 111 Å². The highest BCUT2D eigenvalue weighted by Crippen LogP contribution is 2.16. The van der Waals surface area contributed by atoms with E-state index in [-0.39, 0.29) is 10.8 Å². The summed E-state index contributed by atoms with van der Waals surface area (Å²) in [7, 11) is -0.883. The van der Waals surface area contributed by atoms with Gasteiger partial charge in [0.05, 0.1) is 11.9 Å². The van der Waals surface area contributed by atoms with Gasteiger partial charge in [0, 0.05) is 35.4 Å². The summed E-state index contributed by atoms with van der Waals surface area (Å²) in [6.45, 7) is 4.82. The second-order valence-corrected chi connectivity index (χ2v) is 6.28. The number of aryl methyl sites for hydroxylation is 1. The highest BCUT2D eigenvalue weighted by molar-refractivity contribution is 9.10. The molecular formula is C10H16BrN3O2S. The van der Waals surface area contributed by atoms with E-state index < -0.39 is 10.8 Å². The minimum absolute atomic E-state index is 0.0236. The second-order valence-electron chi connectivity index (χ2n) is 3.68. The van der Waals surface area contributed by atoms with Crippen molar-refractivity contribution < 1.29 is 4.21 Å². The van der Waals surface area contributed by atoms with Crippen LogP contribution in [0.1, 0.15) is 13.8 Å². The van der Waals surface area contributed by atoms with Crippen LogP contribution in [0.15, 0.2) is 15.5 Å². The predicted octanol–water partition coefficient (Wildman–Crippen LogP) is 1.20. The van der Waals surface area contributed by atoms with Gasteiger partial charge in [0.25, 0.3) is 5.56 Å². The third-order valence-electron chi connectivity index (χ3n) is 2.43. The molecule has 0 aliphatic heterocycles. The van der Waals surface area contributed by atoms with Crippen LogP contribution in [0, 0.1) is 0 Å². The summed E-state index contributed by atoms with van der Waals surface area (Å²) in [6.07, 6.45) is 3.26. The first-order valence-corrected chi connectivity index (χ1v) is 7.70. The molecule has 0 radical (unpaired) electrons. The van der Waals surface area contributed by atoms with Crippen LogP contribution in [-0.2, 0) is 17.3 Å². The molecule has 2 unspecified atom stereocenters. The van der Waals surface area contributed by atoms with Crippen LogP contribution < -0.4 is 10.9 Å². The number of nitrogens with one attached hydrogen (secondary N) is 1. The van der Waals surface area contributed by atoms with E-state index in [4.69, 9.17) is 0 Å². The minimum Gasteiger partial charge on any atom is -0.381 e. The van der Waals surface area contributed by atoms with Gasteiger partial charge in [0.15, 0.2) is 0 Å². The van der Waals surface area contributed by atoms with E-state index >= 15 is 0 Å². The first-order chi connectivity index (χ1) is 7.97. The molecule has 17 heavy (non-hydrogen) atoms. The fourth-order valence-electron chi connectivity index (χ4n) is 1.18. The molecular weight excluding hydrogens is 306 g/mol. The van der Waals surface area contributed by atoms with Crippen molar-refractivity contribution in [2.75, 3.05) is 18.1 Å². The summed E-state index contributed by atoms with van der Waals surface area (Å²) in [5.41, 5.74) is 0.472. The van der Waals surface area contributed by atoms with Crippen LogP contribution in [0.4, 0.5) is 5.69 Å². The van der Waals surface area contributed by atoms with E-state index in [1.807, 2.05) is 13.8 Å². The first-order valence-electron chi connectivity index (χ1n) is 5.29. The van der Waals surface area contributed by atoms with Gasteiger partial charge in [0.2, 0.25) is 0 Å². The summed E-state index contributed by atoms with van der Waals surface area (Å²) in [5.74, 6) is 0. The summed E-state index contributed by atoms with van der Waals surface area (Å²) in [5, 5.41) is 7.11. The van der Waals surface area contributed by atoms with Gasteiger partial charge in [-0.15, -0.1) is 0 Å². The van der Waals surface area contributed by atoms with E-state index in [0.717, 1.165) is 0 Å². The lowest BCUT2D eigenvalue weighted by Crippen LogP contribution is -2.26. The SMILES string of the molecule is CCn1ncc(NCC(C)S(C)=O)c(Br)c1=O. The molecule has 7 heteroatoms. The summed E-state index contributed by atoms with van der Waals surface area (Å²) in [4.78, 5) is 11.8. The van der Waals surface area contributed by atoms with E-state index in [0.29, 0.717) is 23.2 Å². The highest BCUT2D eigenvalue weighted by atomic mass is 79.9. The maximum absolute atomic E-state index is 11.8. The average molecular weight is 322 g/mol. The van der Waals surface area contributed by atoms with Gasteiger partial charge in [-0.1, -0.05) is 0 Å². The number of rotatable bonds is 5. The number of halogens is 1. The van der Waals surface area contributed by atoms with Gasteiger partial charge in [0.1, 0.15) is 4.47 Å². The van der Waals surface area contributed by atoms with Crippen molar-refractivity contribution in [3.05, 3.63) is 21.0 Å². The molecule has 1 heterocycles. The zero-order valence-electron chi connectivity index (χ0n) is 10.1. The topological polar surface area (TPSA) is 64.0 Å². The Kier molecular flexibility index (Phi) is 5.32. The van der Waals surface area contributed by atoms with Crippen molar-refractivity contribution in [2.45, 2.75) is 25.6 Å². The van der Waals surface area contributed by atoms with Crippen LogP contribution in [0.3, 0.4) is 0 Å². The van der Waals surface area contributed by atoms with Crippen LogP contribution in [0.5, 0.6) is 0 Å². The fourth-order valence-corrected chi connectivity index (χ4v) is 1.95. The second kappa shape index (κ2) is 6.30. The molecule has 0 spiro atoms. The van der Waals surface area contributed by atoms with Crippen molar-refractivity contribution >= 4 is 32.4 Å². The quantitative estimate of drug-likeness (QED) is 0.885. The van der Waals surface area contributed by atoms with Gasteiger partial charge < -0.3 is 5.32 Å². The standard InChI is InChI=1S/C10H16BrN3O2S/c1-4-14-10(15)9(11)8(6-13-14)12-5-7(2)17(3)16/h6-7,12H,4-5H2,1-3H3. The monoisotopic (exact) mass is 321 g/mol. The number of aromatic nitrogens is 2. The molecule has 1 aromatic rings. The lowest BCUT2D eigenvalue weighted by atomic mass is 10.4. The van der Waals surface area contributed by atoms with E-state index in [2.05, 4.69) is 26.3 Å². The summed E-state index contributed by atoms with van der Waals surface area (Å²) >= 11 is 3.25. The minimum atomic E-state index is -0.883. The van der Waals surface area contributed by atoms with Gasteiger partial charge in [-0.25, -0.2) is 4.68 Å². The molecule has 5 nitrogen and oxygen atoms in total. The lowest BCUT2D eigenvalue weighted by molar-refractivity contribution is 0.612. The maximum atomic E-state index is 11.8. The number of anilines is 1. The lowest BCUT2D eigenvalue weighted by Gasteiger charge is -2.12. The molecule has 0 aromatic carbocycles. The molecule has 96 valence electrons. The van der Waals surface area contributed by atoms with Crippen molar-refractivity contribution in [1.29, 1.82) is 0 Å². The Morgan fingerprint density at radius 3 is 2.82 bits per heavy atom. The molecule has 0 fully saturated rings. The van der Waals surface area contributed by atoms with Gasteiger partial charge in [-0.3, -0.25) is 9.00 Å². The molecule has 0 amide bonds. The number of hydrogen-bond acceptors (Lipinski definition) is 4. The summed E-state index contributed by atoms with van der Waals surface area (Å²) in [6, 6.07) is 0. The number of hydrogen-bond donors (Lipinski definition) is 1. The Balaban J connectivity index is 2.83. The third-order valence-corrected chi connectivity index (χ3v) is 4.50. The van der Waals surface area contributed by atoms with Crippen LogP contribution >= 0.6 is 15.9 Å². The maximum Gasteiger partial charge on any atom is 0.283 e. The molecule has 1 rings (SSSR count). The molecule has 1 aromatic heterocycles. The van der Waals surface area contributed by atoms with Crippen LogP contribution in [0.2, 0.25) is 0 Å². The zero-order valence-corrected chi connectivity index (χ0v) is 12.5. The molecule has 0 aliphatic carbocycles. The first kappa shape index (κ1) is 14.4. The molecule has 2 atom stereocenters. The zero-order chi connectivity index (χ0) is 13.0. The van der Waals surface area contributed by atoms with Crippen LogP contribution in [0.25, 0.3) is 0 Å². The van der Waals surface area contributed by atoms with Gasteiger partial charge in [-0.05, 0) is 29.8 Å². The van der Waals surface area contributed by atoms with Crippen molar-refractivity contribution in [1.82, 2.24) is 9.78 Å². The smallest absolute Gasteiger partial charge is 0.283 e. The van der Waals surface area contributed by atoms with E-state index in [1.54, 1.807) is 12.5 Å². The molecule has 0 aliphatic rings. The predicted molar refractivity (Wildman–Crippen MR) is 73.9 cm³/mol. The summed E-state index contributed by atoms with van der Waals surface area (Å²) < 4.78 is 13.0. The third kappa shape index (κ3) is 3.64. The van der Waals surface area contributed by atoms with E-state index in [1.165, 1.54) is 4.68 Å². The molecule has 1 N–H and O–H groups in total. The van der Waals surface area contributed by atoms with Crippen LogP contribution in [-0.4, -0.2) is 32.0 Å². The normalized spacial score (nSPS) is 14.4. The number of nitrogens with zero attached hydrogens (tertiary/aromatic N) is 2. The largest absolute Gasteiger partial charge is 0.381 e. The Morgan fingerprint density at radius 2 is 2.29 bits per heavy atom. The fraction of sp³-hybridized carbons (Fsp3) is 0.600. The Morgan fingerprint density at radius 1 is 1.65 bits per heavy atom.